The van der Waals surface area contributed by atoms with Crippen LogP contribution in [0.25, 0.3) is 0 Å². The van der Waals surface area contributed by atoms with E-state index in [9.17, 15) is 14.4 Å². The Morgan fingerprint density at radius 1 is 0.806 bits per heavy atom. The van der Waals surface area contributed by atoms with Crippen LogP contribution in [0.1, 0.15) is 41.5 Å². The highest BCUT2D eigenvalue weighted by atomic mass is 16.6. The monoisotopic (exact) mass is 504 g/mol. The lowest BCUT2D eigenvalue weighted by Gasteiger charge is -2.28. The molecule has 1 heterocycles. The second-order valence-corrected chi connectivity index (χ2v) is 8.59. The first-order valence-electron chi connectivity index (χ1n) is 11.3. The molecule has 3 N–H and O–H groups in total. The molecule has 0 saturated carbocycles. The van der Waals surface area contributed by atoms with Crippen molar-refractivity contribution >= 4 is 35.8 Å². The number of ether oxygens (including phenoxy) is 3. The summed E-state index contributed by atoms with van der Waals surface area (Å²) in [6.45, 7) is 21.0. The zero-order valence-corrected chi connectivity index (χ0v) is 21.8. The molecular weight excluding hydrogens is 468 g/mol. The zero-order valence-electron chi connectivity index (χ0n) is 21.8. The van der Waals surface area contributed by atoms with E-state index < -0.39 is 36.2 Å². The molecule has 0 aliphatic heterocycles. The standard InChI is InChI=1S/C24H36N6O6/c1-13(2)19(31)34-16(7)10-26-23-27-22(25)28-24(29-23)30(11-17(8)35-20(32)14(3)4)12-18(9)36-21(33)15(5)6/h16-18H,1,3,5,10-12H2,2,4,6-9H3,(H3,25,26,27,28,29). The molecule has 0 fully saturated rings. The Hall–Kier alpha value is -3.96. The number of nitrogen functional groups attached to an aromatic ring is 1. The molecule has 0 aliphatic carbocycles. The van der Waals surface area contributed by atoms with E-state index in [2.05, 4.69) is 40.0 Å². The summed E-state index contributed by atoms with van der Waals surface area (Å²) in [4.78, 5) is 49.9. The average Bonchev–Trinajstić information content (AvgIpc) is 2.76. The summed E-state index contributed by atoms with van der Waals surface area (Å²) in [6.07, 6.45) is -1.68. The Labute approximate surface area is 211 Å². The second kappa shape index (κ2) is 13.8. The number of nitrogens with one attached hydrogen (secondary N) is 1. The van der Waals surface area contributed by atoms with Gasteiger partial charge in [-0.25, -0.2) is 14.4 Å². The van der Waals surface area contributed by atoms with Crippen molar-refractivity contribution in [3.05, 3.63) is 36.5 Å². The minimum Gasteiger partial charge on any atom is -0.457 e. The fourth-order valence-corrected chi connectivity index (χ4v) is 2.66. The molecule has 0 saturated heterocycles. The van der Waals surface area contributed by atoms with Crippen LogP contribution in [-0.4, -0.2) is 70.8 Å². The molecule has 0 radical (unpaired) electrons. The predicted octanol–water partition coefficient (Wildman–Crippen LogP) is 2.20. The normalized spacial score (nSPS) is 12.9. The molecule has 1 rings (SSSR count). The van der Waals surface area contributed by atoms with Crippen molar-refractivity contribution in [1.29, 1.82) is 0 Å². The number of hydrogen-bond acceptors (Lipinski definition) is 12. The van der Waals surface area contributed by atoms with Crippen molar-refractivity contribution in [3.63, 3.8) is 0 Å². The van der Waals surface area contributed by atoms with Gasteiger partial charge in [0.25, 0.3) is 0 Å². The first kappa shape index (κ1) is 30.1. The molecule has 3 unspecified atom stereocenters. The third kappa shape index (κ3) is 10.5. The number of aromatic nitrogens is 3. The summed E-state index contributed by atoms with van der Waals surface area (Å²) in [5.41, 5.74) is 6.71. The first-order valence-corrected chi connectivity index (χ1v) is 11.3. The van der Waals surface area contributed by atoms with Gasteiger partial charge in [0.1, 0.15) is 18.3 Å². The Morgan fingerprint density at radius 3 is 1.64 bits per heavy atom. The van der Waals surface area contributed by atoms with Crippen molar-refractivity contribution in [1.82, 2.24) is 15.0 Å². The summed E-state index contributed by atoms with van der Waals surface area (Å²) in [5.74, 6) is -1.37. The minimum atomic E-state index is -0.589. The number of rotatable bonds is 14. The van der Waals surface area contributed by atoms with Crippen molar-refractivity contribution < 1.29 is 28.6 Å². The Morgan fingerprint density at radius 2 is 1.22 bits per heavy atom. The molecule has 0 spiro atoms. The highest BCUT2D eigenvalue weighted by Gasteiger charge is 2.23. The molecule has 3 atom stereocenters. The smallest absolute Gasteiger partial charge is 0.333 e. The quantitative estimate of drug-likeness (QED) is 0.216. The van der Waals surface area contributed by atoms with Crippen LogP contribution in [0.4, 0.5) is 17.8 Å². The van der Waals surface area contributed by atoms with Gasteiger partial charge in [-0.15, -0.1) is 0 Å². The number of carbonyl (C=O) groups is 3. The number of nitrogens with zero attached hydrogens (tertiary/aromatic N) is 4. The highest BCUT2D eigenvalue weighted by Crippen LogP contribution is 2.16. The van der Waals surface area contributed by atoms with Crippen LogP contribution in [0.15, 0.2) is 36.5 Å². The molecule has 36 heavy (non-hydrogen) atoms. The molecule has 0 aliphatic rings. The fraction of sp³-hybridized carbons (Fsp3) is 0.500. The van der Waals surface area contributed by atoms with E-state index >= 15 is 0 Å². The predicted molar refractivity (Wildman–Crippen MR) is 136 cm³/mol. The van der Waals surface area contributed by atoms with Crippen molar-refractivity contribution in [2.24, 2.45) is 0 Å². The molecular formula is C24H36N6O6. The summed E-state index contributed by atoms with van der Waals surface area (Å²) >= 11 is 0. The minimum absolute atomic E-state index is 0.0720. The van der Waals surface area contributed by atoms with Crippen LogP contribution in [-0.2, 0) is 28.6 Å². The number of esters is 3. The average molecular weight is 505 g/mol. The highest BCUT2D eigenvalue weighted by molar-refractivity contribution is 5.87. The van der Waals surface area contributed by atoms with Crippen molar-refractivity contribution in [2.75, 3.05) is 35.6 Å². The van der Waals surface area contributed by atoms with Gasteiger partial charge in [0.05, 0.1) is 19.6 Å². The van der Waals surface area contributed by atoms with E-state index in [1.807, 2.05) is 0 Å². The third-order valence-electron chi connectivity index (χ3n) is 4.40. The van der Waals surface area contributed by atoms with Gasteiger partial charge in [0, 0.05) is 16.7 Å². The number of anilines is 3. The van der Waals surface area contributed by atoms with E-state index in [0.717, 1.165) is 0 Å². The Balaban J connectivity index is 3.10. The summed E-state index contributed by atoms with van der Waals surface area (Å²) in [5, 5.41) is 2.96. The van der Waals surface area contributed by atoms with Crippen molar-refractivity contribution in [3.8, 4) is 0 Å². The number of hydrogen-bond donors (Lipinski definition) is 2. The lowest BCUT2D eigenvalue weighted by Crippen LogP contribution is -2.40. The molecule has 1 aromatic heterocycles. The van der Waals surface area contributed by atoms with Gasteiger partial charge in [-0.3, -0.25) is 0 Å². The van der Waals surface area contributed by atoms with Crippen LogP contribution >= 0.6 is 0 Å². The molecule has 12 nitrogen and oxygen atoms in total. The fourth-order valence-electron chi connectivity index (χ4n) is 2.66. The van der Waals surface area contributed by atoms with Crippen LogP contribution in [0.3, 0.4) is 0 Å². The van der Waals surface area contributed by atoms with Gasteiger partial charge in [0.2, 0.25) is 17.8 Å². The SMILES string of the molecule is C=C(C)C(=O)OC(C)CNc1nc(N)nc(N(CC(C)OC(=O)C(=C)C)CC(C)OC(=O)C(=C)C)n1. The summed E-state index contributed by atoms with van der Waals surface area (Å²) < 4.78 is 16.0. The van der Waals surface area contributed by atoms with Crippen LogP contribution in [0, 0.1) is 0 Å². The van der Waals surface area contributed by atoms with Crippen LogP contribution in [0.5, 0.6) is 0 Å². The van der Waals surface area contributed by atoms with Gasteiger partial charge in [-0.05, 0) is 41.5 Å². The maximum Gasteiger partial charge on any atom is 0.333 e. The van der Waals surface area contributed by atoms with E-state index in [1.165, 1.54) is 0 Å². The zero-order chi connectivity index (χ0) is 27.6. The van der Waals surface area contributed by atoms with Gasteiger partial charge in [-0.2, -0.15) is 15.0 Å². The molecule has 1 aromatic rings. The lowest BCUT2D eigenvalue weighted by atomic mass is 10.3. The van der Waals surface area contributed by atoms with Crippen LogP contribution in [0.2, 0.25) is 0 Å². The molecule has 12 heteroatoms. The van der Waals surface area contributed by atoms with E-state index in [0.29, 0.717) is 0 Å². The Kier molecular flexibility index (Phi) is 11.5. The largest absolute Gasteiger partial charge is 0.457 e. The lowest BCUT2D eigenvalue weighted by molar-refractivity contribution is -0.144. The second-order valence-electron chi connectivity index (χ2n) is 8.59. The Bertz CT molecular complexity index is 975. The summed E-state index contributed by atoms with van der Waals surface area (Å²) in [7, 11) is 0. The maximum atomic E-state index is 12.0. The number of nitrogens with two attached hydrogens (primary N) is 1. The first-order chi connectivity index (χ1) is 16.7. The molecule has 198 valence electrons. The number of carbonyl (C=O) groups excluding carboxylic acids is 3. The summed E-state index contributed by atoms with van der Waals surface area (Å²) in [6, 6.07) is 0. The molecule has 0 bridgehead atoms. The van der Waals surface area contributed by atoms with Gasteiger partial charge >= 0.3 is 17.9 Å². The van der Waals surface area contributed by atoms with Gasteiger partial charge in [-0.1, -0.05) is 19.7 Å². The van der Waals surface area contributed by atoms with Crippen molar-refractivity contribution in [2.45, 2.75) is 59.9 Å². The third-order valence-corrected chi connectivity index (χ3v) is 4.40. The van der Waals surface area contributed by atoms with E-state index in [-0.39, 0.29) is 54.2 Å². The molecule has 0 amide bonds. The van der Waals surface area contributed by atoms with Gasteiger partial charge < -0.3 is 30.2 Å². The molecule has 0 aromatic carbocycles. The van der Waals surface area contributed by atoms with Gasteiger partial charge in [0.15, 0.2) is 0 Å². The van der Waals surface area contributed by atoms with Crippen LogP contribution < -0.4 is 16.0 Å². The maximum absolute atomic E-state index is 12.0. The topological polar surface area (TPSA) is 159 Å². The van der Waals surface area contributed by atoms with E-state index in [4.69, 9.17) is 19.9 Å². The van der Waals surface area contributed by atoms with E-state index in [1.54, 1.807) is 46.4 Å².